The van der Waals surface area contributed by atoms with Crippen LogP contribution < -0.4 is 54.0 Å². The summed E-state index contributed by atoms with van der Waals surface area (Å²) < 4.78 is 0. The summed E-state index contributed by atoms with van der Waals surface area (Å²) in [7, 11) is 0. The van der Waals surface area contributed by atoms with Crippen LogP contribution in [0.1, 0.15) is 31.2 Å². The van der Waals surface area contributed by atoms with Gasteiger partial charge in [0.15, 0.2) is 0 Å². The Morgan fingerprint density at radius 1 is 0.578 bits per heavy atom. The smallest absolute Gasteiger partial charge is 0.232 e. The zero-order chi connectivity index (χ0) is 31.7. The fourth-order valence-electron chi connectivity index (χ4n) is 4.89. The molecule has 0 saturated carbocycles. The second-order valence-corrected chi connectivity index (χ2v) is 10.8. The molecule has 1 aliphatic heterocycles. The van der Waals surface area contributed by atoms with Gasteiger partial charge in [-0.1, -0.05) is 30.3 Å². The summed E-state index contributed by atoms with van der Waals surface area (Å²) in [4.78, 5) is 32.9. The van der Waals surface area contributed by atoms with Crippen molar-refractivity contribution in [3.63, 3.8) is 0 Å². The van der Waals surface area contributed by atoms with Crippen molar-refractivity contribution in [2.45, 2.75) is 38.1 Å². The highest BCUT2D eigenvalue weighted by molar-refractivity contribution is 5.49. The van der Waals surface area contributed by atoms with Crippen LogP contribution in [0.15, 0.2) is 30.3 Å². The van der Waals surface area contributed by atoms with Crippen LogP contribution in [-0.2, 0) is 6.42 Å². The minimum absolute atomic E-state index is 0.0244. The van der Waals surface area contributed by atoms with Gasteiger partial charge in [-0.3, -0.25) is 0 Å². The average Bonchev–Trinajstić information content (AvgIpc) is 3.06. The number of nitrogens with two attached hydrogens (primary N) is 4. The van der Waals surface area contributed by atoms with E-state index in [1.807, 2.05) is 6.07 Å². The van der Waals surface area contributed by atoms with Gasteiger partial charge in [-0.05, 0) is 63.8 Å². The van der Waals surface area contributed by atoms with Crippen molar-refractivity contribution >= 4 is 35.7 Å². The van der Waals surface area contributed by atoms with Crippen LogP contribution in [0.25, 0.3) is 0 Å². The van der Waals surface area contributed by atoms with Crippen molar-refractivity contribution in [1.29, 1.82) is 0 Å². The molecule has 2 aromatic heterocycles. The molecule has 0 bridgehead atoms. The highest BCUT2D eigenvalue weighted by Gasteiger charge is 2.31. The Morgan fingerprint density at radius 2 is 1.02 bits per heavy atom. The first-order valence-electron chi connectivity index (χ1n) is 16.0. The van der Waals surface area contributed by atoms with Crippen LogP contribution in [0.2, 0.25) is 0 Å². The summed E-state index contributed by atoms with van der Waals surface area (Å²) in [6.07, 6.45) is 4.03. The van der Waals surface area contributed by atoms with E-state index in [2.05, 4.69) is 65.3 Å². The number of hydrogen-bond acceptors (Lipinski definition) is 16. The van der Waals surface area contributed by atoms with Crippen LogP contribution in [0, 0.1) is 0 Å². The van der Waals surface area contributed by atoms with Gasteiger partial charge >= 0.3 is 0 Å². The SMILES string of the molecule is NCCCNc1nc(NCCCN)nc(N2CCN(c3nc(NCCCN)nc(NCCCN)n3)C(Cc3ccccc3)C2)n1. The highest BCUT2D eigenvalue weighted by Crippen LogP contribution is 2.25. The molecular weight excluding hydrogens is 572 g/mol. The normalized spacial score (nSPS) is 14.8. The zero-order valence-corrected chi connectivity index (χ0v) is 26.2. The van der Waals surface area contributed by atoms with Crippen molar-refractivity contribution in [2.75, 3.05) is 103 Å². The molecule has 45 heavy (non-hydrogen) atoms. The summed E-state index contributed by atoms with van der Waals surface area (Å²) in [5.74, 6) is 3.29. The summed E-state index contributed by atoms with van der Waals surface area (Å²) in [6.45, 7) is 7.01. The van der Waals surface area contributed by atoms with Gasteiger partial charge < -0.3 is 54.0 Å². The lowest BCUT2D eigenvalue weighted by Gasteiger charge is -2.41. The van der Waals surface area contributed by atoms with E-state index >= 15 is 0 Å². The maximum atomic E-state index is 5.72. The lowest BCUT2D eigenvalue weighted by Crippen LogP contribution is -2.55. The second kappa shape index (κ2) is 18.6. The number of hydrogen-bond donors (Lipinski definition) is 8. The minimum Gasteiger partial charge on any atom is -0.354 e. The van der Waals surface area contributed by atoms with Gasteiger partial charge in [-0.2, -0.15) is 29.9 Å². The van der Waals surface area contributed by atoms with Gasteiger partial charge in [-0.15, -0.1) is 0 Å². The fraction of sp³-hybridized carbons (Fsp3) is 0.586. The first-order chi connectivity index (χ1) is 22.1. The van der Waals surface area contributed by atoms with Crippen molar-refractivity contribution in [2.24, 2.45) is 22.9 Å². The third-order valence-electron chi connectivity index (χ3n) is 7.24. The molecule has 246 valence electrons. The first kappa shape index (κ1) is 33.8. The van der Waals surface area contributed by atoms with Crippen LogP contribution >= 0.6 is 0 Å². The van der Waals surface area contributed by atoms with Crippen LogP contribution in [0.4, 0.5) is 35.7 Å². The van der Waals surface area contributed by atoms with Gasteiger partial charge in [0.05, 0.1) is 6.04 Å². The molecule has 0 spiro atoms. The number of piperazine rings is 1. The van der Waals surface area contributed by atoms with E-state index in [9.17, 15) is 0 Å². The maximum absolute atomic E-state index is 5.72. The van der Waals surface area contributed by atoms with Gasteiger partial charge in [0.2, 0.25) is 35.7 Å². The monoisotopic (exact) mass is 622 g/mol. The highest BCUT2D eigenvalue weighted by atomic mass is 15.4. The molecule has 16 heteroatoms. The zero-order valence-electron chi connectivity index (χ0n) is 26.2. The van der Waals surface area contributed by atoms with Crippen molar-refractivity contribution in [3.8, 4) is 0 Å². The minimum atomic E-state index is 0.0244. The lowest BCUT2D eigenvalue weighted by molar-refractivity contribution is 0.502. The van der Waals surface area contributed by atoms with Crippen molar-refractivity contribution in [1.82, 2.24) is 29.9 Å². The van der Waals surface area contributed by atoms with Crippen LogP contribution in [-0.4, -0.2) is 108 Å². The van der Waals surface area contributed by atoms with Gasteiger partial charge in [0.1, 0.15) is 0 Å². The topological polar surface area (TPSA) is 236 Å². The summed E-state index contributed by atoms with van der Waals surface area (Å²) >= 11 is 0. The predicted molar refractivity (Wildman–Crippen MR) is 182 cm³/mol. The molecule has 1 aromatic carbocycles. The predicted octanol–water partition coefficient (Wildman–Crippen LogP) is 0.0373. The molecule has 1 atom stereocenters. The Bertz CT molecular complexity index is 1210. The van der Waals surface area contributed by atoms with E-state index in [4.69, 9.17) is 42.9 Å². The van der Waals surface area contributed by atoms with Crippen molar-refractivity contribution in [3.05, 3.63) is 35.9 Å². The molecule has 1 aliphatic rings. The second-order valence-electron chi connectivity index (χ2n) is 10.8. The molecule has 4 rings (SSSR count). The quantitative estimate of drug-likeness (QED) is 0.0776. The van der Waals surface area contributed by atoms with Crippen LogP contribution in [0.3, 0.4) is 0 Å². The number of benzene rings is 1. The molecule has 1 unspecified atom stereocenters. The number of nitrogens with one attached hydrogen (secondary N) is 4. The first-order valence-corrected chi connectivity index (χ1v) is 16.0. The van der Waals surface area contributed by atoms with E-state index in [0.29, 0.717) is 108 Å². The van der Waals surface area contributed by atoms with Gasteiger partial charge in [-0.25, -0.2) is 0 Å². The van der Waals surface area contributed by atoms with Crippen molar-refractivity contribution < 1.29 is 0 Å². The third kappa shape index (κ3) is 10.8. The van der Waals surface area contributed by atoms with E-state index in [0.717, 1.165) is 32.1 Å². The molecule has 0 radical (unpaired) electrons. The Labute approximate surface area is 265 Å². The van der Waals surface area contributed by atoms with Gasteiger partial charge in [0, 0.05) is 45.8 Å². The van der Waals surface area contributed by atoms with E-state index in [1.54, 1.807) is 0 Å². The summed E-state index contributed by atoms with van der Waals surface area (Å²) in [5.41, 5.74) is 24.1. The largest absolute Gasteiger partial charge is 0.354 e. The molecule has 1 saturated heterocycles. The molecule has 0 amide bonds. The number of anilines is 6. The lowest BCUT2D eigenvalue weighted by atomic mass is 10.0. The Balaban J connectivity index is 1.63. The van der Waals surface area contributed by atoms with Gasteiger partial charge in [0.25, 0.3) is 0 Å². The van der Waals surface area contributed by atoms with Crippen LogP contribution in [0.5, 0.6) is 0 Å². The van der Waals surface area contributed by atoms with E-state index < -0.39 is 0 Å². The molecule has 3 heterocycles. The van der Waals surface area contributed by atoms with E-state index in [1.165, 1.54) is 5.56 Å². The number of rotatable bonds is 20. The van der Waals surface area contributed by atoms with E-state index in [-0.39, 0.29) is 6.04 Å². The Morgan fingerprint density at radius 3 is 1.47 bits per heavy atom. The number of aromatic nitrogens is 6. The Hall–Kier alpha value is -4.12. The summed E-state index contributed by atoms with van der Waals surface area (Å²) in [5, 5.41) is 13.2. The fourth-order valence-corrected chi connectivity index (χ4v) is 4.89. The molecule has 1 fully saturated rings. The molecular formula is C29H50N16. The molecule has 16 nitrogen and oxygen atoms in total. The maximum Gasteiger partial charge on any atom is 0.232 e. The standard InChI is InChI=1S/C29H50N16/c30-10-4-14-34-24-38-25(35-15-5-11-31)41-28(40-24)44-18-19-45(23(21-44)20-22-8-2-1-3-9-22)29-42-26(36-16-6-12-32)39-27(43-29)37-17-7-13-33/h1-3,8-9,23H,4-7,10-21,30-33H2,(H2,34,35,38,40,41)(H2,36,37,39,42,43). The average molecular weight is 623 g/mol. The Kier molecular flexibility index (Phi) is 14.0. The molecule has 3 aromatic rings. The number of nitrogens with zero attached hydrogens (tertiary/aromatic N) is 8. The third-order valence-corrected chi connectivity index (χ3v) is 7.24. The summed E-state index contributed by atoms with van der Waals surface area (Å²) in [6, 6.07) is 10.5. The molecule has 12 N–H and O–H groups in total. The molecule has 0 aliphatic carbocycles.